The van der Waals surface area contributed by atoms with Crippen LogP contribution in [0.5, 0.6) is 0 Å². The molecule has 0 heterocycles. The quantitative estimate of drug-likeness (QED) is 0.246. The predicted molar refractivity (Wildman–Crippen MR) is 30.4 cm³/mol. The number of hydrogen-bond acceptors (Lipinski definition) is 5. The number of nitrogens with two attached hydrogens (primary N) is 4. The molecule has 0 aliphatic carbocycles. The van der Waals surface area contributed by atoms with Gasteiger partial charge >= 0.3 is 0 Å². The van der Waals surface area contributed by atoms with Gasteiger partial charge in [0.25, 0.3) is 0 Å². The first-order chi connectivity index (χ1) is 3.48. The number of hydrogen-bond donors (Lipinski definition) is 5. The molecule has 1 unspecified atom stereocenters. The molecular formula is C3H12N4O. The fourth-order valence-electron chi connectivity index (χ4n) is 0.204. The zero-order valence-electron chi connectivity index (χ0n) is 4.54. The summed E-state index contributed by atoms with van der Waals surface area (Å²) in [6.45, 7) is -0.0243. The molecule has 9 N–H and O–H groups in total. The summed E-state index contributed by atoms with van der Waals surface area (Å²) in [6, 6.07) is 0. The van der Waals surface area contributed by atoms with Crippen LogP contribution in [0.15, 0.2) is 0 Å². The Morgan fingerprint density at radius 3 is 1.75 bits per heavy atom. The molecule has 0 aromatic heterocycles. The highest BCUT2D eigenvalue weighted by Crippen LogP contribution is 1.85. The van der Waals surface area contributed by atoms with E-state index in [1.807, 2.05) is 0 Å². The lowest BCUT2D eigenvalue weighted by Gasteiger charge is -2.23. The van der Waals surface area contributed by atoms with Crippen LogP contribution in [0.3, 0.4) is 0 Å². The molecule has 50 valence electrons. The third kappa shape index (κ3) is 2.20. The molecule has 1 atom stereocenters. The van der Waals surface area contributed by atoms with Crippen LogP contribution in [0, 0.1) is 0 Å². The molecule has 0 saturated carbocycles. The van der Waals surface area contributed by atoms with Crippen LogP contribution < -0.4 is 22.9 Å². The number of rotatable bonds is 2. The minimum Gasteiger partial charge on any atom is -0.387 e. The van der Waals surface area contributed by atoms with Crippen molar-refractivity contribution >= 4 is 0 Å². The van der Waals surface area contributed by atoms with Crippen LogP contribution in [0.25, 0.3) is 0 Å². The minimum absolute atomic E-state index is 0.0243. The van der Waals surface area contributed by atoms with E-state index in [-0.39, 0.29) is 6.54 Å². The first-order valence-corrected chi connectivity index (χ1v) is 2.23. The highest BCUT2D eigenvalue weighted by Gasteiger charge is 2.21. The van der Waals surface area contributed by atoms with Crippen LogP contribution in [-0.4, -0.2) is 23.5 Å². The van der Waals surface area contributed by atoms with Crippen LogP contribution in [0.1, 0.15) is 0 Å². The van der Waals surface area contributed by atoms with Crippen LogP contribution >= 0.6 is 0 Å². The summed E-state index contributed by atoms with van der Waals surface area (Å²) >= 11 is 0. The molecule has 0 spiro atoms. The van der Waals surface area contributed by atoms with E-state index in [2.05, 4.69) is 0 Å². The average molecular weight is 120 g/mol. The topological polar surface area (TPSA) is 124 Å². The third-order valence-corrected chi connectivity index (χ3v) is 0.800. The molecule has 0 fully saturated rings. The lowest BCUT2D eigenvalue weighted by Crippen LogP contribution is -2.67. The SMILES string of the molecule is NCC(O)C(N)(N)N. The van der Waals surface area contributed by atoms with Gasteiger partial charge < -0.3 is 10.8 Å². The normalized spacial score (nSPS) is 16.1. The van der Waals surface area contributed by atoms with E-state index in [0.717, 1.165) is 0 Å². The summed E-state index contributed by atoms with van der Waals surface area (Å²) in [7, 11) is 0. The van der Waals surface area contributed by atoms with Gasteiger partial charge in [-0.05, 0) is 0 Å². The van der Waals surface area contributed by atoms with Crippen LogP contribution in [0.4, 0.5) is 0 Å². The van der Waals surface area contributed by atoms with E-state index in [1.165, 1.54) is 0 Å². The predicted octanol–water partition coefficient (Wildman–Crippen LogP) is -3.16. The van der Waals surface area contributed by atoms with Crippen molar-refractivity contribution in [3.63, 3.8) is 0 Å². The number of aliphatic hydroxyl groups excluding tert-OH is 1. The third-order valence-electron chi connectivity index (χ3n) is 0.800. The summed E-state index contributed by atoms with van der Waals surface area (Å²) in [5, 5.41) is 8.69. The Balaban J connectivity index is 3.62. The molecule has 5 heteroatoms. The Morgan fingerprint density at radius 2 is 1.75 bits per heavy atom. The van der Waals surface area contributed by atoms with Crippen LogP contribution in [-0.2, 0) is 0 Å². The Kier molecular flexibility index (Phi) is 2.32. The van der Waals surface area contributed by atoms with E-state index in [1.54, 1.807) is 0 Å². The summed E-state index contributed by atoms with van der Waals surface area (Å²) in [5.41, 5.74) is 20.0. The molecule has 0 aromatic rings. The maximum atomic E-state index is 8.69. The fourth-order valence-corrected chi connectivity index (χ4v) is 0.204. The van der Waals surface area contributed by atoms with Crippen molar-refractivity contribution in [3.8, 4) is 0 Å². The van der Waals surface area contributed by atoms with Crippen LogP contribution in [0.2, 0.25) is 0 Å². The van der Waals surface area contributed by atoms with Gasteiger partial charge in [-0.3, -0.25) is 17.2 Å². The van der Waals surface area contributed by atoms with Gasteiger partial charge in [0.05, 0.1) is 0 Å². The highest BCUT2D eigenvalue weighted by atomic mass is 16.3. The summed E-state index contributed by atoms with van der Waals surface area (Å²) in [4.78, 5) is 0. The lowest BCUT2D eigenvalue weighted by atomic mass is 10.2. The van der Waals surface area contributed by atoms with Crippen molar-refractivity contribution in [2.24, 2.45) is 22.9 Å². The average Bonchev–Trinajstić information content (AvgIpc) is 1.62. The summed E-state index contributed by atoms with van der Waals surface area (Å²) in [5.74, 6) is -1.56. The molecule has 0 rings (SSSR count). The molecular weight excluding hydrogens is 108 g/mol. The summed E-state index contributed by atoms with van der Waals surface area (Å²) < 4.78 is 0. The van der Waals surface area contributed by atoms with Gasteiger partial charge in [-0.1, -0.05) is 0 Å². The van der Waals surface area contributed by atoms with Gasteiger partial charge in [0.15, 0.2) is 0 Å². The molecule has 0 radical (unpaired) electrons. The molecule has 8 heavy (non-hydrogen) atoms. The Bertz CT molecular complexity index is 68.2. The summed E-state index contributed by atoms with van der Waals surface area (Å²) in [6.07, 6.45) is -1.04. The molecule has 0 aliphatic rings. The maximum Gasteiger partial charge on any atom is 0.144 e. The fraction of sp³-hybridized carbons (Fsp3) is 1.00. The second-order valence-electron chi connectivity index (χ2n) is 1.75. The van der Waals surface area contributed by atoms with Crippen molar-refractivity contribution in [1.29, 1.82) is 0 Å². The van der Waals surface area contributed by atoms with Crippen molar-refractivity contribution in [1.82, 2.24) is 0 Å². The Hall–Kier alpha value is -0.200. The zero-order valence-corrected chi connectivity index (χ0v) is 4.54. The standard InChI is InChI=1S/C3H12N4O/c4-1-2(8)3(5,6)7/h2,8H,1,4-7H2. The second-order valence-corrected chi connectivity index (χ2v) is 1.75. The Labute approximate surface area is 47.6 Å². The molecule has 0 bridgehead atoms. The van der Waals surface area contributed by atoms with Crippen molar-refractivity contribution in [2.45, 2.75) is 11.9 Å². The molecule has 0 aromatic carbocycles. The largest absolute Gasteiger partial charge is 0.387 e. The van der Waals surface area contributed by atoms with Gasteiger partial charge in [0.2, 0.25) is 0 Å². The highest BCUT2D eigenvalue weighted by molar-refractivity contribution is 4.78. The van der Waals surface area contributed by atoms with Crippen molar-refractivity contribution in [2.75, 3.05) is 6.54 Å². The second kappa shape index (κ2) is 2.38. The maximum absolute atomic E-state index is 8.69. The monoisotopic (exact) mass is 120 g/mol. The molecule has 0 amide bonds. The first kappa shape index (κ1) is 7.80. The van der Waals surface area contributed by atoms with Crippen molar-refractivity contribution in [3.05, 3.63) is 0 Å². The van der Waals surface area contributed by atoms with E-state index < -0.39 is 11.9 Å². The van der Waals surface area contributed by atoms with Gasteiger partial charge in [-0.25, -0.2) is 0 Å². The van der Waals surface area contributed by atoms with Gasteiger partial charge in [0, 0.05) is 6.54 Å². The van der Waals surface area contributed by atoms with Gasteiger partial charge in [-0.2, -0.15) is 0 Å². The van der Waals surface area contributed by atoms with Crippen molar-refractivity contribution < 1.29 is 5.11 Å². The van der Waals surface area contributed by atoms with E-state index in [0.29, 0.717) is 0 Å². The van der Waals surface area contributed by atoms with E-state index in [9.17, 15) is 0 Å². The smallest absolute Gasteiger partial charge is 0.144 e. The van der Waals surface area contributed by atoms with Gasteiger partial charge in [0.1, 0.15) is 11.9 Å². The van der Waals surface area contributed by atoms with Gasteiger partial charge in [-0.15, -0.1) is 0 Å². The first-order valence-electron chi connectivity index (χ1n) is 2.23. The molecule has 5 nitrogen and oxygen atoms in total. The number of aliphatic hydroxyl groups is 1. The molecule has 0 saturated heterocycles. The minimum atomic E-state index is -1.56. The zero-order chi connectivity index (χ0) is 6.78. The lowest BCUT2D eigenvalue weighted by molar-refractivity contribution is 0.0980. The molecule has 0 aliphatic heterocycles. The van der Waals surface area contributed by atoms with E-state index in [4.69, 9.17) is 28.0 Å². The Morgan fingerprint density at radius 1 is 1.38 bits per heavy atom. The van der Waals surface area contributed by atoms with E-state index >= 15 is 0 Å².